The van der Waals surface area contributed by atoms with Gasteiger partial charge in [-0.05, 0) is 30.5 Å². The molecule has 0 unspecified atom stereocenters. The number of hydrogen-bond donors (Lipinski definition) is 1. The van der Waals surface area contributed by atoms with Crippen molar-refractivity contribution in [2.24, 2.45) is 0 Å². The SMILES string of the molecule is N#Cc1cccc(C2(C(=O)O)CCOCC2)c1. The Morgan fingerprint density at radius 2 is 2.12 bits per heavy atom. The van der Waals surface area contributed by atoms with E-state index in [-0.39, 0.29) is 0 Å². The number of nitrogens with zero attached hydrogens (tertiary/aromatic N) is 1. The van der Waals surface area contributed by atoms with E-state index >= 15 is 0 Å². The molecule has 2 rings (SSSR count). The van der Waals surface area contributed by atoms with Crippen molar-refractivity contribution in [1.29, 1.82) is 5.26 Å². The highest BCUT2D eigenvalue weighted by Crippen LogP contribution is 2.35. The van der Waals surface area contributed by atoms with Crippen molar-refractivity contribution >= 4 is 5.97 Å². The maximum atomic E-state index is 11.5. The van der Waals surface area contributed by atoms with Crippen LogP contribution in [0.4, 0.5) is 0 Å². The lowest BCUT2D eigenvalue weighted by molar-refractivity contribution is -0.147. The van der Waals surface area contributed by atoms with E-state index in [0.29, 0.717) is 37.2 Å². The predicted molar refractivity (Wildman–Crippen MR) is 60.5 cm³/mol. The molecule has 0 aromatic heterocycles. The van der Waals surface area contributed by atoms with Gasteiger partial charge in [0.25, 0.3) is 0 Å². The van der Waals surface area contributed by atoms with E-state index < -0.39 is 11.4 Å². The molecule has 17 heavy (non-hydrogen) atoms. The Morgan fingerprint density at radius 1 is 1.41 bits per heavy atom. The van der Waals surface area contributed by atoms with E-state index in [1.807, 2.05) is 6.07 Å². The van der Waals surface area contributed by atoms with Gasteiger partial charge in [-0.2, -0.15) is 5.26 Å². The van der Waals surface area contributed by atoms with Crippen molar-refractivity contribution in [1.82, 2.24) is 0 Å². The van der Waals surface area contributed by atoms with Crippen molar-refractivity contribution in [3.8, 4) is 6.07 Å². The quantitative estimate of drug-likeness (QED) is 0.840. The number of nitriles is 1. The maximum absolute atomic E-state index is 11.5. The fourth-order valence-corrected chi connectivity index (χ4v) is 2.23. The van der Waals surface area contributed by atoms with Crippen molar-refractivity contribution in [3.63, 3.8) is 0 Å². The molecule has 1 heterocycles. The van der Waals surface area contributed by atoms with Crippen LogP contribution in [0.3, 0.4) is 0 Å². The minimum Gasteiger partial charge on any atom is -0.481 e. The molecule has 0 radical (unpaired) electrons. The Morgan fingerprint density at radius 3 is 2.71 bits per heavy atom. The van der Waals surface area contributed by atoms with Crippen LogP contribution in [0, 0.1) is 11.3 Å². The Labute approximate surface area is 99.4 Å². The van der Waals surface area contributed by atoms with Gasteiger partial charge >= 0.3 is 5.97 Å². The zero-order valence-corrected chi connectivity index (χ0v) is 9.35. The number of carboxylic acid groups (broad SMARTS) is 1. The third-order valence-electron chi connectivity index (χ3n) is 3.30. The lowest BCUT2D eigenvalue weighted by Gasteiger charge is -2.33. The molecule has 1 aromatic carbocycles. The van der Waals surface area contributed by atoms with Gasteiger partial charge in [0, 0.05) is 13.2 Å². The van der Waals surface area contributed by atoms with Gasteiger partial charge in [0.1, 0.15) is 0 Å². The first-order valence-corrected chi connectivity index (χ1v) is 5.51. The minimum absolute atomic E-state index is 0.448. The molecule has 1 N–H and O–H groups in total. The summed E-state index contributed by atoms with van der Waals surface area (Å²) in [6.45, 7) is 0.895. The number of carbonyl (C=O) groups is 1. The smallest absolute Gasteiger partial charge is 0.314 e. The Balaban J connectivity index is 2.45. The molecule has 1 saturated heterocycles. The summed E-state index contributed by atoms with van der Waals surface area (Å²) in [7, 11) is 0. The molecule has 0 spiro atoms. The Kier molecular flexibility index (Phi) is 3.12. The molecular formula is C13H13NO3. The number of aliphatic carboxylic acids is 1. The minimum atomic E-state index is -0.898. The van der Waals surface area contributed by atoms with E-state index in [0.717, 1.165) is 0 Å². The van der Waals surface area contributed by atoms with Crippen LogP contribution in [-0.2, 0) is 14.9 Å². The van der Waals surface area contributed by atoms with Crippen molar-refractivity contribution in [2.75, 3.05) is 13.2 Å². The Bertz CT molecular complexity index is 470. The van der Waals surface area contributed by atoms with Gasteiger partial charge in [-0.3, -0.25) is 4.79 Å². The lowest BCUT2D eigenvalue weighted by atomic mass is 9.74. The second-order valence-corrected chi connectivity index (χ2v) is 4.19. The van der Waals surface area contributed by atoms with Crippen molar-refractivity contribution in [3.05, 3.63) is 35.4 Å². The van der Waals surface area contributed by atoms with Gasteiger partial charge in [-0.1, -0.05) is 12.1 Å². The van der Waals surface area contributed by atoms with Gasteiger partial charge in [-0.25, -0.2) is 0 Å². The van der Waals surface area contributed by atoms with Crippen LogP contribution in [-0.4, -0.2) is 24.3 Å². The maximum Gasteiger partial charge on any atom is 0.314 e. The zero-order valence-electron chi connectivity index (χ0n) is 9.35. The van der Waals surface area contributed by atoms with Crippen LogP contribution in [0.1, 0.15) is 24.0 Å². The van der Waals surface area contributed by atoms with E-state index in [1.54, 1.807) is 24.3 Å². The monoisotopic (exact) mass is 231 g/mol. The fraction of sp³-hybridized carbons (Fsp3) is 0.385. The summed E-state index contributed by atoms with van der Waals surface area (Å²) >= 11 is 0. The second-order valence-electron chi connectivity index (χ2n) is 4.19. The van der Waals surface area contributed by atoms with Gasteiger partial charge in [0.2, 0.25) is 0 Å². The fourth-order valence-electron chi connectivity index (χ4n) is 2.23. The summed E-state index contributed by atoms with van der Waals surface area (Å²) < 4.78 is 5.22. The molecule has 0 amide bonds. The van der Waals surface area contributed by atoms with Crippen molar-refractivity contribution in [2.45, 2.75) is 18.3 Å². The van der Waals surface area contributed by atoms with E-state index in [1.165, 1.54) is 0 Å². The molecule has 0 bridgehead atoms. The highest BCUT2D eigenvalue weighted by atomic mass is 16.5. The Hall–Kier alpha value is -1.86. The molecule has 4 nitrogen and oxygen atoms in total. The molecule has 1 fully saturated rings. The zero-order chi connectivity index (χ0) is 12.3. The standard InChI is InChI=1S/C13H13NO3/c14-9-10-2-1-3-11(8-10)13(12(15)16)4-6-17-7-5-13/h1-3,8H,4-7H2,(H,15,16). The highest BCUT2D eigenvalue weighted by Gasteiger charge is 2.41. The van der Waals surface area contributed by atoms with Gasteiger partial charge in [0.15, 0.2) is 0 Å². The number of benzene rings is 1. The van der Waals surface area contributed by atoms with E-state index in [2.05, 4.69) is 0 Å². The summed E-state index contributed by atoms with van der Waals surface area (Å²) in [5, 5.41) is 18.3. The first kappa shape index (κ1) is 11.6. The summed E-state index contributed by atoms with van der Waals surface area (Å²) in [6, 6.07) is 8.89. The van der Waals surface area contributed by atoms with Gasteiger partial charge in [-0.15, -0.1) is 0 Å². The summed E-state index contributed by atoms with van der Waals surface area (Å²) in [5.41, 5.74) is 0.299. The third kappa shape index (κ3) is 2.02. The molecule has 1 aliphatic rings. The molecule has 1 aromatic rings. The van der Waals surface area contributed by atoms with Crippen LogP contribution >= 0.6 is 0 Å². The van der Waals surface area contributed by atoms with Crippen molar-refractivity contribution < 1.29 is 14.6 Å². The summed E-state index contributed by atoms with van der Waals surface area (Å²) in [6.07, 6.45) is 0.911. The summed E-state index contributed by atoms with van der Waals surface area (Å²) in [5.74, 6) is -0.837. The summed E-state index contributed by atoms with van der Waals surface area (Å²) in [4.78, 5) is 11.5. The molecule has 0 saturated carbocycles. The molecule has 88 valence electrons. The molecule has 1 aliphatic heterocycles. The molecule has 0 atom stereocenters. The van der Waals surface area contributed by atoms with E-state index in [4.69, 9.17) is 10.00 Å². The third-order valence-corrected chi connectivity index (χ3v) is 3.30. The average molecular weight is 231 g/mol. The first-order chi connectivity index (χ1) is 8.19. The second kappa shape index (κ2) is 4.56. The topological polar surface area (TPSA) is 70.3 Å². The highest BCUT2D eigenvalue weighted by molar-refractivity contribution is 5.81. The van der Waals surface area contributed by atoms with Crippen LogP contribution in [0.2, 0.25) is 0 Å². The predicted octanol–water partition coefficient (Wildman–Crippen LogP) is 1.69. The number of carboxylic acids is 1. The van der Waals surface area contributed by atoms with E-state index in [9.17, 15) is 9.90 Å². The molecule has 0 aliphatic carbocycles. The number of ether oxygens (including phenoxy) is 1. The number of rotatable bonds is 2. The van der Waals surface area contributed by atoms with Crippen LogP contribution in [0.25, 0.3) is 0 Å². The molecule has 4 heteroatoms. The van der Waals surface area contributed by atoms with Crippen LogP contribution in [0.15, 0.2) is 24.3 Å². The molecular weight excluding hydrogens is 218 g/mol. The van der Waals surface area contributed by atoms with Crippen LogP contribution in [0.5, 0.6) is 0 Å². The van der Waals surface area contributed by atoms with Gasteiger partial charge in [0.05, 0.1) is 17.0 Å². The number of hydrogen-bond acceptors (Lipinski definition) is 3. The van der Waals surface area contributed by atoms with Gasteiger partial charge < -0.3 is 9.84 Å². The average Bonchev–Trinajstić information content (AvgIpc) is 2.39. The van der Waals surface area contributed by atoms with Crippen LogP contribution < -0.4 is 0 Å². The lowest BCUT2D eigenvalue weighted by Crippen LogP contribution is -2.41. The normalized spacial score (nSPS) is 18.3. The largest absolute Gasteiger partial charge is 0.481 e. The first-order valence-electron chi connectivity index (χ1n) is 5.51.